The fourth-order valence-corrected chi connectivity index (χ4v) is 2.64. The number of hydrogen-bond acceptors (Lipinski definition) is 4. The van der Waals surface area contributed by atoms with Gasteiger partial charge in [0.1, 0.15) is 6.54 Å². The highest BCUT2D eigenvalue weighted by Gasteiger charge is 2.10. The number of carbonyl (C=O) groups excluding carboxylic acids is 2. The Bertz CT molecular complexity index is 515. The number of amides is 3. The summed E-state index contributed by atoms with van der Waals surface area (Å²) in [7, 11) is 0. The first-order valence-corrected chi connectivity index (χ1v) is 7.26. The van der Waals surface area contributed by atoms with Gasteiger partial charge in [-0.2, -0.15) is 0 Å². The summed E-state index contributed by atoms with van der Waals surface area (Å²) in [6.45, 7) is 3.17. The number of hydrogen-bond donors (Lipinski definition) is 4. The molecule has 1 aromatic heterocycles. The number of carboxylic acid groups (broad SMARTS) is 1. The monoisotopic (exact) mass is 313 g/mol. The van der Waals surface area contributed by atoms with Crippen LogP contribution in [0, 0.1) is 6.92 Å². The van der Waals surface area contributed by atoms with Crippen molar-refractivity contribution in [3.8, 4) is 0 Å². The molecule has 0 aliphatic heterocycles. The fraction of sp³-hybridized carbons (Fsp3) is 0.462. The van der Waals surface area contributed by atoms with E-state index in [1.807, 2.05) is 26.0 Å². The van der Waals surface area contributed by atoms with Gasteiger partial charge in [-0.05, 0) is 26.0 Å². The normalized spacial score (nSPS) is 11.5. The van der Waals surface area contributed by atoms with E-state index in [1.165, 1.54) is 9.75 Å². The molecule has 3 amide bonds. The number of aryl methyl sites for hydroxylation is 1. The number of carbonyl (C=O) groups is 3. The third-order valence-corrected chi connectivity index (χ3v) is 3.55. The summed E-state index contributed by atoms with van der Waals surface area (Å²) >= 11 is 1.68. The van der Waals surface area contributed by atoms with Gasteiger partial charge < -0.3 is 21.1 Å². The molecule has 0 aromatic carbocycles. The largest absolute Gasteiger partial charge is 0.480 e. The van der Waals surface area contributed by atoms with Crippen molar-refractivity contribution in [1.29, 1.82) is 0 Å². The molecular formula is C13H19N3O4S. The Hall–Kier alpha value is -2.09. The Labute approximate surface area is 126 Å². The Morgan fingerprint density at radius 2 is 1.95 bits per heavy atom. The lowest BCUT2D eigenvalue weighted by Crippen LogP contribution is -2.46. The molecule has 0 radical (unpaired) electrons. The molecule has 1 rings (SSSR count). The van der Waals surface area contributed by atoms with Gasteiger partial charge >= 0.3 is 12.0 Å². The lowest BCUT2D eigenvalue weighted by atomic mass is 10.2. The smallest absolute Gasteiger partial charge is 0.322 e. The van der Waals surface area contributed by atoms with Crippen LogP contribution in [-0.4, -0.2) is 42.1 Å². The van der Waals surface area contributed by atoms with Gasteiger partial charge in [-0.25, -0.2) is 4.79 Å². The molecule has 1 heterocycles. The lowest BCUT2D eigenvalue weighted by molar-refractivity contribution is -0.137. The summed E-state index contributed by atoms with van der Waals surface area (Å²) in [4.78, 5) is 35.4. The topological polar surface area (TPSA) is 108 Å². The predicted molar refractivity (Wildman–Crippen MR) is 79.4 cm³/mol. The number of aliphatic carboxylic acids is 1. The number of urea groups is 1. The van der Waals surface area contributed by atoms with E-state index >= 15 is 0 Å². The van der Waals surface area contributed by atoms with Crippen molar-refractivity contribution in [3.63, 3.8) is 0 Å². The molecule has 1 atom stereocenters. The van der Waals surface area contributed by atoms with Crippen molar-refractivity contribution in [1.82, 2.24) is 16.0 Å². The second-order valence-electron chi connectivity index (χ2n) is 4.62. The van der Waals surface area contributed by atoms with Crippen LogP contribution in [0.15, 0.2) is 12.1 Å². The molecule has 21 heavy (non-hydrogen) atoms. The first-order chi connectivity index (χ1) is 9.86. The molecule has 4 N–H and O–H groups in total. The first kappa shape index (κ1) is 17.0. The highest BCUT2D eigenvalue weighted by Crippen LogP contribution is 2.16. The van der Waals surface area contributed by atoms with Gasteiger partial charge in [0.25, 0.3) is 0 Å². The number of carboxylic acids is 1. The van der Waals surface area contributed by atoms with Gasteiger partial charge in [-0.3, -0.25) is 9.59 Å². The maximum Gasteiger partial charge on any atom is 0.322 e. The second kappa shape index (κ2) is 8.25. The average molecular weight is 313 g/mol. The first-order valence-electron chi connectivity index (χ1n) is 6.45. The van der Waals surface area contributed by atoms with Gasteiger partial charge in [0, 0.05) is 22.2 Å². The minimum atomic E-state index is -1.13. The van der Waals surface area contributed by atoms with Crippen LogP contribution < -0.4 is 16.0 Å². The van der Waals surface area contributed by atoms with Crippen LogP contribution in [0.1, 0.15) is 16.7 Å². The molecule has 1 unspecified atom stereocenters. The Morgan fingerprint density at radius 3 is 2.52 bits per heavy atom. The van der Waals surface area contributed by atoms with Crippen molar-refractivity contribution in [2.24, 2.45) is 0 Å². The molecule has 0 aliphatic carbocycles. The SMILES string of the molecule is Cc1ccc(CC(C)NC(=O)NCC(=O)NCC(=O)O)s1. The van der Waals surface area contributed by atoms with Crippen molar-refractivity contribution in [2.45, 2.75) is 26.3 Å². The maximum absolute atomic E-state index is 11.6. The summed E-state index contributed by atoms with van der Waals surface area (Å²) in [6.07, 6.45) is 0.719. The van der Waals surface area contributed by atoms with E-state index in [1.54, 1.807) is 11.3 Å². The minimum Gasteiger partial charge on any atom is -0.480 e. The molecule has 0 bridgehead atoms. The number of nitrogens with one attached hydrogen (secondary N) is 3. The van der Waals surface area contributed by atoms with Crippen LogP contribution in [0.25, 0.3) is 0 Å². The van der Waals surface area contributed by atoms with Crippen molar-refractivity contribution < 1.29 is 19.5 Å². The van der Waals surface area contributed by atoms with E-state index in [9.17, 15) is 14.4 Å². The molecule has 0 spiro atoms. The van der Waals surface area contributed by atoms with Crippen molar-refractivity contribution >= 4 is 29.2 Å². The van der Waals surface area contributed by atoms with Gasteiger partial charge in [0.15, 0.2) is 0 Å². The van der Waals surface area contributed by atoms with Crippen LogP contribution in [0.2, 0.25) is 0 Å². The quantitative estimate of drug-likeness (QED) is 0.587. The zero-order valence-corrected chi connectivity index (χ0v) is 12.8. The Balaban J connectivity index is 2.23. The van der Waals surface area contributed by atoms with Gasteiger partial charge in [-0.15, -0.1) is 11.3 Å². The maximum atomic E-state index is 11.6. The highest BCUT2D eigenvalue weighted by atomic mass is 32.1. The van der Waals surface area contributed by atoms with Crippen molar-refractivity contribution in [3.05, 3.63) is 21.9 Å². The van der Waals surface area contributed by atoms with E-state index < -0.39 is 24.5 Å². The molecule has 7 nitrogen and oxygen atoms in total. The zero-order chi connectivity index (χ0) is 15.8. The van der Waals surface area contributed by atoms with E-state index in [0.29, 0.717) is 0 Å². The van der Waals surface area contributed by atoms with Crippen LogP contribution in [-0.2, 0) is 16.0 Å². The van der Waals surface area contributed by atoms with E-state index in [-0.39, 0.29) is 12.6 Å². The predicted octanol–water partition coefficient (Wildman–Crippen LogP) is 0.488. The number of thiophene rings is 1. The molecule has 8 heteroatoms. The van der Waals surface area contributed by atoms with Crippen LogP contribution in [0.3, 0.4) is 0 Å². The summed E-state index contributed by atoms with van der Waals surface area (Å²) in [5, 5.41) is 15.6. The molecule has 0 fully saturated rings. The zero-order valence-electron chi connectivity index (χ0n) is 11.9. The Kier molecular flexibility index (Phi) is 6.67. The third kappa shape index (κ3) is 7.31. The third-order valence-electron chi connectivity index (χ3n) is 2.53. The molecular weight excluding hydrogens is 294 g/mol. The average Bonchev–Trinajstić information content (AvgIpc) is 2.79. The molecule has 0 aliphatic rings. The summed E-state index contributed by atoms with van der Waals surface area (Å²) in [5.41, 5.74) is 0. The van der Waals surface area contributed by atoms with E-state index in [2.05, 4.69) is 16.0 Å². The highest BCUT2D eigenvalue weighted by molar-refractivity contribution is 7.11. The van der Waals surface area contributed by atoms with Gasteiger partial charge in [0.05, 0.1) is 6.54 Å². The Morgan fingerprint density at radius 1 is 1.24 bits per heavy atom. The summed E-state index contributed by atoms with van der Waals surface area (Å²) in [6, 6.07) is 3.53. The molecule has 0 saturated carbocycles. The molecule has 1 aromatic rings. The van der Waals surface area contributed by atoms with Crippen LogP contribution >= 0.6 is 11.3 Å². The molecule has 0 saturated heterocycles. The van der Waals surface area contributed by atoms with Crippen LogP contribution in [0.4, 0.5) is 4.79 Å². The fourth-order valence-electron chi connectivity index (χ4n) is 1.62. The van der Waals surface area contributed by atoms with E-state index in [0.717, 1.165) is 6.42 Å². The standard InChI is InChI=1S/C13H19N3O4S/c1-8(5-10-4-3-9(2)21-10)16-13(20)15-6-11(17)14-7-12(18)19/h3-4,8H,5-7H2,1-2H3,(H,14,17)(H,18,19)(H2,15,16,20). The lowest BCUT2D eigenvalue weighted by Gasteiger charge is -2.13. The summed E-state index contributed by atoms with van der Waals surface area (Å²) in [5.74, 6) is -1.68. The van der Waals surface area contributed by atoms with Gasteiger partial charge in [0.2, 0.25) is 5.91 Å². The molecule has 116 valence electrons. The van der Waals surface area contributed by atoms with Crippen LogP contribution in [0.5, 0.6) is 0 Å². The van der Waals surface area contributed by atoms with Gasteiger partial charge in [-0.1, -0.05) is 0 Å². The van der Waals surface area contributed by atoms with Crippen molar-refractivity contribution in [2.75, 3.05) is 13.1 Å². The second-order valence-corrected chi connectivity index (χ2v) is 5.99. The summed E-state index contributed by atoms with van der Waals surface area (Å²) < 4.78 is 0. The van der Waals surface area contributed by atoms with E-state index in [4.69, 9.17) is 5.11 Å². The number of rotatable bonds is 7. The minimum absolute atomic E-state index is 0.0647.